The standard InChI is InChI=1S/C17H19FN2O/c1-3-16-11-17(4-2)20(19-16)12-14-8-13(6-5-7-21)9-15(18)10-14/h8-11,21H,3-4,7,12H2,1-2H3. The topological polar surface area (TPSA) is 38.0 Å². The number of hydrogen-bond donors (Lipinski definition) is 1. The van der Waals surface area contributed by atoms with E-state index in [-0.39, 0.29) is 12.4 Å². The van der Waals surface area contributed by atoms with E-state index in [1.165, 1.54) is 12.1 Å². The van der Waals surface area contributed by atoms with Gasteiger partial charge in [0.05, 0.1) is 12.2 Å². The second kappa shape index (κ2) is 7.05. The van der Waals surface area contributed by atoms with Crippen LogP contribution in [0.4, 0.5) is 4.39 Å². The first-order chi connectivity index (χ1) is 10.2. The van der Waals surface area contributed by atoms with Gasteiger partial charge in [0, 0.05) is 11.3 Å². The maximum atomic E-state index is 13.7. The summed E-state index contributed by atoms with van der Waals surface area (Å²) in [6, 6.07) is 6.79. The number of benzene rings is 1. The molecule has 0 saturated carbocycles. The fraction of sp³-hybridized carbons (Fsp3) is 0.353. The van der Waals surface area contributed by atoms with E-state index in [2.05, 4.69) is 36.9 Å². The average molecular weight is 286 g/mol. The molecule has 2 aromatic rings. The Kier molecular flexibility index (Phi) is 5.13. The van der Waals surface area contributed by atoms with Gasteiger partial charge in [-0.25, -0.2) is 4.39 Å². The Bertz CT molecular complexity index is 680. The van der Waals surface area contributed by atoms with Gasteiger partial charge in [-0.2, -0.15) is 5.10 Å². The molecule has 2 rings (SSSR count). The predicted molar refractivity (Wildman–Crippen MR) is 80.4 cm³/mol. The first kappa shape index (κ1) is 15.3. The number of halogens is 1. The van der Waals surface area contributed by atoms with Crippen molar-refractivity contribution in [1.29, 1.82) is 0 Å². The lowest BCUT2D eigenvalue weighted by molar-refractivity contribution is 0.350. The van der Waals surface area contributed by atoms with Gasteiger partial charge in [0.1, 0.15) is 12.4 Å². The molecular weight excluding hydrogens is 267 g/mol. The van der Waals surface area contributed by atoms with Crippen LogP contribution in [0.25, 0.3) is 0 Å². The molecular formula is C17H19FN2O. The SMILES string of the molecule is CCc1cc(CC)n(Cc2cc(F)cc(C#CCO)c2)n1. The highest BCUT2D eigenvalue weighted by molar-refractivity contribution is 5.38. The van der Waals surface area contributed by atoms with Gasteiger partial charge in [0.25, 0.3) is 0 Å². The summed E-state index contributed by atoms with van der Waals surface area (Å²) in [5, 5.41) is 13.3. The van der Waals surface area contributed by atoms with E-state index >= 15 is 0 Å². The second-order valence-electron chi connectivity index (χ2n) is 4.80. The third-order valence-electron chi connectivity index (χ3n) is 3.24. The van der Waals surface area contributed by atoms with Crippen molar-refractivity contribution >= 4 is 0 Å². The minimum Gasteiger partial charge on any atom is -0.384 e. The van der Waals surface area contributed by atoms with Crippen molar-refractivity contribution in [3.63, 3.8) is 0 Å². The van der Waals surface area contributed by atoms with Crippen LogP contribution in [0.5, 0.6) is 0 Å². The van der Waals surface area contributed by atoms with Crippen LogP contribution >= 0.6 is 0 Å². The number of aliphatic hydroxyl groups is 1. The molecule has 1 aromatic heterocycles. The summed E-state index contributed by atoms with van der Waals surface area (Å²) in [4.78, 5) is 0. The smallest absolute Gasteiger partial charge is 0.124 e. The first-order valence-corrected chi connectivity index (χ1v) is 7.11. The monoisotopic (exact) mass is 286 g/mol. The average Bonchev–Trinajstić information content (AvgIpc) is 2.86. The van der Waals surface area contributed by atoms with Gasteiger partial charge < -0.3 is 5.11 Å². The molecule has 1 heterocycles. The summed E-state index contributed by atoms with van der Waals surface area (Å²) < 4.78 is 15.6. The summed E-state index contributed by atoms with van der Waals surface area (Å²) in [5.41, 5.74) is 3.57. The Labute approximate surface area is 124 Å². The Balaban J connectivity index is 2.30. The zero-order valence-corrected chi connectivity index (χ0v) is 12.4. The molecule has 0 aliphatic rings. The third kappa shape index (κ3) is 3.93. The third-order valence-corrected chi connectivity index (χ3v) is 3.24. The number of rotatable bonds is 4. The largest absolute Gasteiger partial charge is 0.384 e. The molecule has 0 atom stereocenters. The van der Waals surface area contributed by atoms with Crippen molar-refractivity contribution in [2.45, 2.75) is 33.2 Å². The second-order valence-corrected chi connectivity index (χ2v) is 4.80. The van der Waals surface area contributed by atoms with Crippen molar-refractivity contribution in [3.8, 4) is 11.8 Å². The minimum absolute atomic E-state index is 0.231. The van der Waals surface area contributed by atoms with Crippen molar-refractivity contribution in [2.24, 2.45) is 0 Å². The number of aliphatic hydroxyl groups excluding tert-OH is 1. The van der Waals surface area contributed by atoms with Crippen LogP contribution < -0.4 is 0 Å². The summed E-state index contributed by atoms with van der Waals surface area (Å²) in [6.07, 6.45) is 1.77. The van der Waals surface area contributed by atoms with E-state index in [4.69, 9.17) is 5.11 Å². The zero-order chi connectivity index (χ0) is 15.2. The molecule has 110 valence electrons. The lowest BCUT2D eigenvalue weighted by Gasteiger charge is -2.07. The van der Waals surface area contributed by atoms with Gasteiger partial charge in [-0.1, -0.05) is 25.7 Å². The highest BCUT2D eigenvalue weighted by atomic mass is 19.1. The van der Waals surface area contributed by atoms with E-state index in [1.807, 2.05) is 10.7 Å². The number of aromatic nitrogens is 2. The highest BCUT2D eigenvalue weighted by Gasteiger charge is 2.07. The van der Waals surface area contributed by atoms with Gasteiger partial charge >= 0.3 is 0 Å². The van der Waals surface area contributed by atoms with Crippen LogP contribution in [-0.4, -0.2) is 21.5 Å². The molecule has 0 aliphatic carbocycles. The maximum absolute atomic E-state index is 13.7. The molecule has 0 aliphatic heterocycles. The van der Waals surface area contributed by atoms with Crippen molar-refractivity contribution in [1.82, 2.24) is 9.78 Å². The van der Waals surface area contributed by atoms with Gasteiger partial charge in [-0.15, -0.1) is 0 Å². The molecule has 4 heteroatoms. The molecule has 0 fully saturated rings. The van der Waals surface area contributed by atoms with Crippen LogP contribution in [0.3, 0.4) is 0 Å². The van der Waals surface area contributed by atoms with Crippen LogP contribution in [0.15, 0.2) is 24.3 Å². The predicted octanol–water partition coefficient (Wildman–Crippen LogP) is 2.54. The van der Waals surface area contributed by atoms with Crippen LogP contribution in [0.2, 0.25) is 0 Å². The summed E-state index contributed by atoms with van der Waals surface area (Å²) in [5.74, 6) is 4.95. The van der Waals surface area contributed by atoms with E-state index < -0.39 is 0 Å². The minimum atomic E-state index is -0.323. The summed E-state index contributed by atoms with van der Waals surface area (Å²) in [6.45, 7) is 4.44. The van der Waals surface area contributed by atoms with Gasteiger partial charge in [0.2, 0.25) is 0 Å². The number of aryl methyl sites for hydroxylation is 2. The Hall–Kier alpha value is -2.12. The lowest BCUT2D eigenvalue weighted by atomic mass is 10.1. The van der Waals surface area contributed by atoms with Crippen LogP contribution in [0.1, 0.15) is 36.4 Å². The number of hydrogen-bond acceptors (Lipinski definition) is 2. The maximum Gasteiger partial charge on any atom is 0.124 e. The molecule has 3 nitrogen and oxygen atoms in total. The van der Waals surface area contributed by atoms with Gasteiger partial charge in [0.15, 0.2) is 0 Å². The molecule has 0 radical (unpaired) electrons. The Morgan fingerprint density at radius 1 is 1.19 bits per heavy atom. The van der Waals surface area contributed by atoms with Crippen molar-refractivity contribution in [2.75, 3.05) is 6.61 Å². The molecule has 0 unspecified atom stereocenters. The quantitative estimate of drug-likeness (QED) is 0.877. The molecule has 1 N–H and O–H groups in total. The fourth-order valence-corrected chi connectivity index (χ4v) is 2.24. The van der Waals surface area contributed by atoms with Crippen LogP contribution in [-0.2, 0) is 19.4 Å². The van der Waals surface area contributed by atoms with E-state index in [0.29, 0.717) is 12.1 Å². The van der Waals surface area contributed by atoms with E-state index in [0.717, 1.165) is 29.8 Å². The zero-order valence-electron chi connectivity index (χ0n) is 12.4. The Morgan fingerprint density at radius 2 is 2.00 bits per heavy atom. The fourth-order valence-electron chi connectivity index (χ4n) is 2.24. The van der Waals surface area contributed by atoms with E-state index in [1.54, 1.807) is 0 Å². The lowest BCUT2D eigenvalue weighted by Crippen LogP contribution is -2.06. The first-order valence-electron chi connectivity index (χ1n) is 7.11. The summed E-state index contributed by atoms with van der Waals surface area (Å²) >= 11 is 0. The molecule has 0 spiro atoms. The molecule has 0 amide bonds. The Morgan fingerprint density at radius 3 is 2.67 bits per heavy atom. The molecule has 0 bridgehead atoms. The normalized spacial score (nSPS) is 10.3. The van der Waals surface area contributed by atoms with Crippen molar-refractivity contribution < 1.29 is 9.50 Å². The van der Waals surface area contributed by atoms with Gasteiger partial charge in [-0.3, -0.25) is 4.68 Å². The highest BCUT2D eigenvalue weighted by Crippen LogP contribution is 2.13. The molecule has 21 heavy (non-hydrogen) atoms. The summed E-state index contributed by atoms with van der Waals surface area (Å²) in [7, 11) is 0. The number of nitrogens with zero attached hydrogens (tertiary/aromatic N) is 2. The van der Waals surface area contributed by atoms with Crippen LogP contribution in [0, 0.1) is 17.7 Å². The van der Waals surface area contributed by atoms with Crippen molar-refractivity contribution in [3.05, 3.63) is 52.6 Å². The van der Waals surface area contributed by atoms with E-state index in [9.17, 15) is 4.39 Å². The molecule has 0 saturated heterocycles. The van der Waals surface area contributed by atoms with Gasteiger partial charge in [-0.05, 0) is 42.7 Å². The molecule has 1 aromatic carbocycles.